The Morgan fingerprint density at radius 1 is 1.39 bits per heavy atom. The molecule has 1 fully saturated rings. The predicted octanol–water partition coefficient (Wildman–Crippen LogP) is 2.48. The van der Waals surface area contributed by atoms with Crippen molar-refractivity contribution in [3.05, 3.63) is 22.7 Å². The van der Waals surface area contributed by atoms with Gasteiger partial charge in [0.1, 0.15) is 0 Å². The molecule has 0 aromatic heterocycles. The molecule has 0 aliphatic carbocycles. The normalized spacial score (nSPS) is 19.6. The van der Waals surface area contributed by atoms with Crippen molar-refractivity contribution in [2.75, 3.05) is 26.5 Å². The second-order valence-corrected chi connectivity index (χ2v) is 5.94. The molecule has 0 unspecified atom stereocenters. The number of nitrogens with zero attached hydrogens (tertiary/aromatic N) is 1. The number of hydrogen-bond donors (Lipinski definition) is 0. The fourth-order valence-corrected chi connectivity index (χ4v) is 3.15. The highest BCUT2D eigenvalue weighted by Crippen LogP contribution is 2.40. The van der Waals surface area contributed by atoms with Crippen molar-refractivity contribution < 1.29 is 23.8 Å². The van der Waals surface area contributed by atoms with Crippen molar-refractivity contribution in [2.45, 2.75) is 19.8 Å². The maximum atomic E-state index is 12.7. The summed E-state index contributed by atoms with van der Waals surface area (Å²) in [6.07, 6.45) is 1.51. The molecule has 23 heavy (non-hydrogen) atoms. The summed E-state index contributed by atoms with van der Waals surface area (Å²) in [5, 5.41) is 0.349. The quantitative estimate of drug-likeness (QED) is 0.792. The Morgan fingerprint density at radius 2 is 2.22 bits per heavy atom. The largest absolute Gasteiger partial charge is 0.466 e. The molecule has 2 aliphatic rings. The topological polar surface area (TPSA) is 65.1 Å². The summed E-state index contributed by atoms with van der Waals surface area (Å²) in [4.78, 5) is 26.3. The van der Waals surface area contributed by atoms with E-state index in [0.717, 1.165) is 12.8 Å². The van der Waals surface area contributed by atoms with Gasteiger partial charge in [0.2, 0.25) is 6.79 Å². The van der Waals surface area contributed by atoms with Crippen LogP contribution >= 0.6 is 11.6 Å². The number of rotatable bonds is 3. The van der Waals surface area contributed by atoms with E-state index in [1.54, 1.807) is 24.0 Å². The van der Waals surface area contributed by atoms with Gasteiger partial charge in [0.15, 0.2) is 11.5 Å². The van der Waals surface area contributed by atoms with E-state index in [2.05, 4.69) is 0 Å². The lowest BCUT2D eigenvalue weighted by atomic mass is 9.97. The molecule has 0 radical (unpaired) electrons. The second-order valence-electron chi connectivity index (χ2n) is 5.53. The van der Waals surface area contributed by atoms with Gasteiger partial charge in [-0.05, 0) is 31.9 Å². The molecule has 3 rings (SSSR count). The van der Waals surface area contributed by atoms with Crippen molar-refractivity contribution in [3.63, 3.8) is 0 Å². The van der Waals surface area contributed by atoms with Gasteiger partial charge in [0, 0.05) is 18.7 Å². The molecule has 1 aromatic rings. The molecule has 6 nitrogen and oxygen atoms in total. The number of ether oxygens (including phenoxy) is 3. The van der Waals surface area contributed by atoms with Crippen LogP contribution in [0, 0.1) is 5.92 Å². The van der Waals surface area contributed by atoms with Crippen LogP contribution in [0.2, 0.25) is 5.02 Å². The van der Waals surface area contributed by atoms with Crippen LogP contribution in [-0.4, -0.2) is 43.3 Å². The highest BCUT2D eigenvalue weighted by molar-refractivity contribution is 6.32. The lowest BCUT2D eigenvalue weighted by molar-refractivity contribution is -0.149. The Hall–Kier alpha value is -1.95. The second kappa shape index (κ2) is 6.66. The summed E-state index contributed by atoms with van der Waals surface area (Å²) >= 11 is 6.13. The smallest absolute Gasteiger partial charge is 0.310 e. The highest BCUT2D eigenvalue weighted by atomic mass is 35.5. The summed E-state index contributed by atoms with van der Waals surface area (Å²) in [7, 11) is 0. The Balaban J connectivity index is 1.75. The zero-order chi connectivity index (χ0) is 16.4. The van der Waals surface area contributed by atoms with Crippen molar-refractivity contribution >= 4 is 23.5 Å². The molecule has 7 heteroatoms. The van der Waals surface area contributed by atoms with E-state index in [9.17, 15) is 9.59 Å². The van der Waals surface area contributed by atoms with Crippen molar-refractivity contribution in [3.8, 4) is 11.5 Å². The zero-order valence-electron chi connectivity index (χ0n) is 12.8. The minimum atomic E-state index is -0.267. The molecule has 1 saturated heterocycles. The van der Waals surface area contributed by atoms with Crippen LogP contribution in [0.15, 0.2) is 12.1 Å². The zero-order valence-corrected chi connectivity index (χ0v) is 13.6. The van der Waals surface area contributed by atoms with E-state index in [4.69, 9.17) is 25.8 Å². The van der Waals surface area contributed by atoms with Crippen LogP contribution in [0.25, 0.3) is 0 Å². The fourth-order valence-electron chi connectivity index (χ4n) is 2.89. The van der Waals surface area contributed by atoms with Crippen LogP contribution in [0.5, 0.6) is 11.5 Å². The molecule has 124 valence electrons. The number of carbonyl (C=O) groups is 2. The van der Waals surface area contributed by atoms with E-state index >= 15 is 0 Å². The Kier molecular flexibility index (Phi) is 4.61. The lowest BCUT2D eigenvalue weighted by Gasteiger charge is -2.31. The van der Waals surface area contributed by atoms with Gasteiger partial charge in [-0.1, -0.05) is 11.6 Å². The number of benzene rings is 1. The monoisotopic (exact) mass is 339 g/mol. The van der Waals surface area contributed by atoms with Gasteiger partial charge in [0.25, 0.3) is 5.91 Å². The Morgan fingerprint density at radius 3 is 3.00 bits per heavy atom. The van der Waals surface area contributed by atoms with Gasteiger partial charge in [0.05, 0.1) is 17.5 Å². The molecule has 0 bridgehead atoms. The molecular formula is C16H18ClNO5. The van der Waals surface area contributed by atoms with Crippen LogP contribution in [-0.2, 0) is 9.53 Å². The minimum Gasteiger partial charge on any atom is -0.466 e. The van der Waals surface area contributed by atoms with Crippen LogP contribution in [0.4, 0.5) is 0 Å². The summed E-state index contributed by atoms with van der Waals surface area (Å²) in [6, 6.07) is 3.20. The van der Waals surface area contributed by atoms with Gasteiger partial charge in [-0.2, -0.15) is 0 Å². The standard InChI is InChI=1S/C16H18ClNO5/c1-2-21-16(20)10-4-3-5-18(8-10)15(19)11-6-12(17)14-13(7-11)22-9-23-14/h6-7,10H,2-5,8-9H2,1H3/t10-/m1/s1. The minimum absolute atomic E-state index is 0.0986. The molecule has 0 spiro atoms. The summed E-state index contributed by atoms with van der Waals surface area (Å²) in [6.45, 7) is 3.20. The van der Waals surface area contributed by atoms with Crippen molar-refractivity contribution in [1.82, 2.24) is 4.90 Å². The van der Waals surface area contributed by atoms with Crippen LogP contribution < -0.4 is 9.47 Å². The first-order chi connectivity index (χ1) is 11.1. The first-order valence-corrected chi connectivity index (χ1v) is 8.03. The number of fused-ring (bicyclic) bond motifs is 1. The lowest BCUT2D eigenvalue weighted by Crippen LogP contribution is -2.42. The van der Waals surface area contributed by atoms with Crippen molar-refractivity contribution in [1.29, 1.82) is 0 Å². The molecule has 1 amide bonds. The summed E-state index contributed by atoms with van der Waals surface area (Å²) in [5.74, 6) is 0.260. The summed E-state index contributed by atoms with van der Waals surface area (Å²) < 4.78 is 15.6. The Labute approximate surface area is 139 Å². The number of esters is 1. The first kappa shape index (κ1) is 15.9. The number of amides is 1. The van der Waals surface area contributed by atoms with E-state index in [-0.39, 0.29) is 24.6 Å². The number of likely N-dealkylation sites (tertiary alicyclic amines) is 1. The molecule has 1 aromatic carbocycles. The molecule has 0 saturated carbocycles. The fraction of sp³-hybridized carbons (Fsp3) is 0.500. The highest BCUT2D eigenvalue weighted by Gasteiger charge is 2.31. The maximum Gasteiger partial charge on any atom is 0.310 e. The predicted molar refractivity (Wildman–Crippen MR) is 82.8 cm³/mol. The SMILES string of the molecule is CCOC(=O)[C@@H]1CCCN(C(=O)c2cc(Cl)c3c(c2)OCO3)C1. The van der Waals surface area contributed by atoms with E-state index < -0.39 is 0 Å². The maximum absolute atomic E-state index is 12.7. The van der Waals surface area contributed by atoms with E-state index in [1.165, 1.54) is 0 Å². The molecule has 2 aliphatic heterocycles. The average molecular weight is 340 g/mol. The van der Waals surface area contributed by atoms with Crippen molar-refractivity contribution in [2.24, 2.45) is 5.92 Å². The third-order valence-electron chi connectivity index (χ3n) is 4.00. The number of hydrogen-bond acceptors (Lipinski definition) is 5. The van der Waals surface area contributed by atoms with Crippen LogP contribution in [0.1, 0.15) is 30.1 Å². The number of carbonyl (C=O) groups excluding carboxylic acids is 2. The van der Waals surface area contributed by atoms with Gasteiger partial charge in [-0.3, -0.25) is 9.59 Å². The van der Waals surface area contributed by atoms with Gasteiger partial charge >= 0.3 is 5.97 Å². The van der Waals surface area contributed by atoms with Gasteiger partial charge in [-0.25, -0.2) is 0 Å². The molecular weight excluding hydrogens is 322 g/mol. The third kappa shape index (κ3) is 3.22. The molecule has 2 heterocycles. The van der Waals surface area contributed by atoms with E-state index in [0.29, 0.717) is 41.8 Å². The first-order valence-electron chi connectivity index (χ1n) is 7.65. The van der Waals surface area contributed by atoms with Gasteiger partial charge in [-0.15, -0.1) is 0 Å². The number of piperidine rings is 1. The van der Waals surface area contributed by atoms with Gasteiger partial charge < -0.3 is 19.1 Å². The number of halogens is 1. The van der Waals surface area contributed by atoms with Crippen LogP contribution in [0.3, 0.4) is 0 Å². The van der Waals surface area contributed by atoms with E-state index in [1.807, 2.05) is 0 Å². The molecule has 1 atom stereocenters. The third-order valence-corrected chi connectivity index (χ3v) is 4.28. The summed E-state index contributed by atoms with van der Waals surface area (Å²) in [5.41, 5.74) is 0.434. The molecule has 0 N–H and O–H groups in total. The average Bonchev–Trinajstić information content (AvgIpc) is 3.03. The Bertz CT molecular complexity index is 633.